The summed E-state index contributed by atoms with van der Waals surface area (Å²) in [6.45, 7) is 0.827. The van der Waals surface area contributed by atoms with Gasteiger partial charge >= 0.3 is 0 Å². The molecule has 0 fully saturated rings. The van der Waals surface area contributed by atoms with Gasteiger partial charge in [-0.1, -0.05) is 42.5 Å². The highest BCUT2D eigenvalue weighted by Gasteiger charge is 2.03. The maximum atomic E-state index is 11.2. The minimum absolute atomic E-state index is 0.181. The van der Waals surface area contributed by atoms with Crippen molar-refractivity contribution in [1.82, 2.24) is 5.43 Å². The van der Waals surface area contributed by atoms with Crippen LogP contribution in [0.1, 0.15) is 11.1 Å². The Morgan fingerprint density at radius 1 is 1.05 bits per heavy atom. The fraction of sp³-hybridized carbons (Fsp3) is 0.188. The molecule has 0 spiro atoms. The summed E-state index contributed by atoms with van der Waals surface area (Å²) in [5, 5.41) is 0. The number of nitrogens with two attached hydrogens (primary N) is 1. The Morgan fingerprint density at radius 3 is 2.25 bits per heavy atom. The number of carbonyl (C=O) groups is 1. The lowest BCUT2D eigenvalue weighted by molar-refractivity contribution is -0.120. The van der Waals surface area contributed by atoms with Crippen LogP contribution in [0.2, 0.25) is 0 Å². The number of rotatable bonds is 5. The first-order valence-corrected chi connectivity index (χ1v) is 6.52. The van der Waals surface area contributed by atoms with Crippen LogP contribution >= 0.6 is 0 Å². The van der Waals surface area contributed by atoms with E-state index in [1.165, 1.54) is 11.3 Å². The standard InChI is InChI=1S/C16H19N3O/c1-19(15-5-3-2-4-6-15)12-14-9-7-13(8-10-14)11-16(20)18-17/h2-10H,11-12,17H2,1H3,(H,18,20). The van der Waals surface area contributed by atoms with Gasteiger partial charge in [0, 0.05) is 19.3 Å². The van der Waals surface area contributed by atoms with Crippen LogP contribution in [0.15, 0.2) is 54.6 Å². The minimum atomic E-state index is -0.181. The maximum absolute atomic E-state index is 11.2. The molecular weight excluding hydrogens is 250 g/mol. The Hall–Kier alpha value is -2.33. The van der Waals surface area contributed by atoms with Crippen LogP contribution in [-0.4, -0.2) is 13.0 Å². The van der Waals surface area contributed by atoms with Crippen molar-refractivity contribution in [2.75, 3.05) is 11.9 Å². The van der Waals surface area contributed by atoms with Gasteiger partial charge in [0.15, 0.2) is 0 Å². The van der Waals surface area contributed by atoms with E-state index in [2.05, 4.69) is 29.5 Å². The van der Waals surface area contributed by atoms with Crippen molar-refractivity contribution < 1.29 is 4.79 Å². The van der Waals surface area contributed by atoms with E-state index in [9.17, 15) is 4.79 Å². The zero-order chi connectivity index (χ0) is 14.4. The lowest BCUT2D eigenvalue weighted by atomic mass is 10.1. The van der Waals surface area contributed by atoms with Crippen molar-refractivity contribution in [3.8, 4) is 0 Å². The number of hydrazine groups is 1. The molecule has 0 saturated carbocycles. The van der Waals surface area contributed by atoms with Crippen molar-refractivity contribution in [2.24, 2.45) is 5.84 Å². The van der Waals surface area contributed by atoms with E-state index in [0.717, 1.165) is 12.1 Å². The Bertz CT molecular complexity index is 552. The summed E-state index contributed by atoms with van der Waals surface area (Å²) in [5.74, 6) is 4.89. The van der Waals surface area contributed by atoms with E-state index in [0.29, 0.717) is 6.42 Å². The van der Waals surface area contributed by atoms with Crippen molar-refractivity contribution in [3.63, 3.8) is 0 Å². The van der Waals surface area contributed by atoms with E-state index in [4.69, 9.17) is 5.84 Å². The normalized spacial score (nSPS) is 10.1. The second kappa shape index (κ2) is 6.73. The number of benzene rings is 2. The van der Waals surface area contributed by atoms with Crippen molar-refractivity contribution in [3.05, 3.63) is 65.7 Å². The van der Waals surface area contributed by atoms with Crippen molar-refractivity contribution >= 4 is 11.6 Å². The maximum Gasteiger partial charge on any atom is 0.238 e. The molecule has 0 heterocycles. The fourth-order valence-corrected chi connectivity index (χ4v) is 2.05. The first-order valence-electron chi connectivity index (χ1n) is 6.52. The van der Waals surface area contributed by atoms with E-state index < -0.39 is 0 Å². The molecule has 0 aliphatic heterocycles. The lowest BCUT2D eigenvalue weighted by Crippen LogP contribution is -2.31. The van der Waals surface area contributed by atoms with Crippen LogP contribution in [0.25, 0.3) is 0 Å². The zero-order valence-corrected chi connectivity index (χ0v) is 11.5. The molecule has 0 aromatic heterocycles. The average molecular weight is 269 g/mol. The van der Waals surface area contributed by atoms with Crippen LogP contribution in [0, 0.1) is 0 Å². The van der Waals surface area contributed by atoms with Crippen LogP contribution < -0.4 is 16.2 Å². The molecule has 0 bridgehead atoms. The summed E-state index contributed by atoms with van der Waals surface area (Å²) in [4.78, 5) is 13.4. The van der Waals surface area contributed by atoms with Gasteiger partial charge in [-0.15, -0.1) is 0 Å². The quantitative estimate of drug-likeness (QED) is 0.495. The molecule has 20 heavy (non-hydrogen) atoms. The largest absolute Gasteiger partial charge is 0.370 e. The lowest BCUT2D eigenvalue weighted by Gasteiger charge is -2.19. The van der Waals surface area contributed by atoms with Gasteiger partial charge in [0.25, 0.3) is 0 Å². The fourth-order valence-electron chi connectivity index (χ4n) is 2.05. The summed E-state index contributed by atoms with van der Waals surface area (Å²) in [5.41, 5.74) is 5.47. The highest BCUT2D eigenvalue weighted by molar-refractivity contribution is 5.77. The molecule has 2 aromatic rings. The zero-order valence-electron chi connectivity index (χ0n) is 11.5. The van der Waals surface area contributed by atoms with Gasteiger partial charge in [-0.25, -0.2) is 5.84 Å². The number of carbonyl (C=O) groups excluding carboxylic acids is 1. The van der Waals surface area contributed by atoms with Gasteiger partial charge in [0.05, 0.1) is 6.42 Å². The van der Waals surface area contributed by atoms with Gasteiger partial charge in [-0.3, -0.25) is 10.2 Å². The topological polar surface area (TPSA) is 58.4 Å². The van der Waals surface area contributed by atoms with Crippen LogP contribution in [-0.2, 0) is 17.8 Å². The molecule has 4 heteroatoms. The SMILES string of the molecule is CN(Cc1ccc(CC(=O)NN)cc1)c1ccccc1. The van der Waals surface area contributed by atoms with Crippen molar-refractivity contribution in [1.29, 1.82) is 0 Å². The first-order chi connectivity index (χ1) is 9.69. The number of anilines is 1. The number of para-hydroxylation sites is 1. The first kappa shape index (κ1) is 14.1. The molecule has 0 atom stereocenters. The van der Waals surface area contributed by atoms with Gasteiger partial charge < -0.3 is 4.90 Å². The van der Waals surface area contributed by atoms with Crippen LogP contribution in [0.5, 0.6) is 0 Å². The molecule has 0 aliphatic carbocycles. The third kappa shape index (κ3) is 3.83. The molecular formula is C16H19N3O. The van der Waals surface area contributed by atoms with Crippen LogP contribution in [0.4, 0.5) is 5.69 Å². The average Bonchev–Trinajstić information content (AvgIpc) is 2.50. The molecule has 2 rings (SSSR count). The summed E-state index contributed by atoms with van der Waals surface area (Å²) < 4.78 is 0. The minimum Gasteiger partial charge on any atom is -0.370 e. The second-order valence-corrected chi connectivity index (χ2v) is 4.75. The molecule has 0 unspecified atom stereocenters. The number of hydrogen-bond donors (Lipinski definition) is 2. The van der Waals surface area contributed by atoms with Gasteiger partial charge in [-0.2, -0.15) is 0 Å². The molecule has 0 aliphatic rings. The smallest absolute Gasteiger partial charge is 0.238 e. The van der Waals surface area contributed by atoms with E-state index in [1.807, 2.05) is 42.5 Å². The van der Waals surface area contributed by atoms with Crippen molar-refractivity contribution in [2.45, 2.75) is 13.0 Å². The highest BCUT2D eigenvalue weighted by atomic mass is 16.2. The number of hydrogen-bond acceptors (Lipinski definition) is 3. The summed E-state index contributed by atoms with van der Waals surface area (Å²) in [7, 11) is 2.06. The number of amides is 1. The summed E-state index contributed by atoms with van der Waals surface area (Å²) >= 11 is 0. The molecule has 0 radical (unpaired) electrons. The third-order valence-corrected chi connectivity index (χ3v) is 3.17. The van der Waals surface area contributed by atoms with E-state index >= 15 is 0 Å². The molecule has 0 saturated heterocycles. The molecule has 1 amide bonds. The Labute approximate surface area is 119 Å². The summed E-state index contributed by atoms with van der Waals surface area (Å²) in [6, 6.07) is 18.2. The molecule has 3 N–H and O–H groups in total. The van der Waals surface area contributed by atoms with Crippen LogP contribution in [0.3, 0.4) is 0 Å². The Kier molecular flexibility index (Phi) is 4.74. The van der Waals surface area contributed by atoms with Gasteiger partial charge in [0.2, 0.25) is 5.91 Å². The van der Waals surface area contributed by atoms with Gasteiger partial charge in [0.1, 0.15) is 0 Å². The number of nitrogens with one attached hydrogen (secondary N) is 1. The number of nitrogens with zero attached hydrogens (tertiary/aromatic N) is 1. The predicted molar refractivity (Wildman–Crippen MR) is 81.0 cm³/mol. The van der Waals surface area contributed by atoms with Gasteiger partial charge in [-0.05, 0) is 23.3 Å². The monoisotopic (exact) mass is 269 g/mol. The second-order valence-electron chi connectivity index (χ2n) is 4.75. The van der Waals surface area contributed by atoms with E-state index in [1.54, 1.807) is 0 Å². The molecule has 2 aromatic carbocycles. The summed E-state index contributed by atoms with van der Waals surface area (Å²) in [6.07, 6.45) is 0.311. The molecule has 4 nitrogen and oxygen atoms in total. The van der Waals surface area contributed by atoms with E-state index in [-0.39, 0.29) is 5.91 Å². The highest BCUT2D eigenvalue weighted by Crippen LogP contribution is 2.15. The Morgan fingerprint density at radius 2 is 1.65 bits per heavy atom. The Balaban J connectivity index is 1.98. The third-order valence-electron chi connectivity index (χ3n) is 3.17. The predicted octanol–water partition coefficient (Wildman–Crippen LogP) is 1.86. The molecule has 104 valence electrons.